The van der Waals surface area contributed by atoms with Crippen molar-refractivity contribution in [3.63, 3.8) is 0 Å². The molecule has 0 fully saturated rings. The van der Waals surface area contributed by atoms with Crippen LogP contribution in [-0.2, 0) is 11.3 Å². The maximum absolute atomic E-state index is 12.1. The van der Waals surface area contributed by atoms with Crippen LogP contribution in [0.1, 0.15) is 6.42 Å². The Hall–Kier alpha value is -2.22. The summed E-state index contributed by atoms with van der Waals surface area (Å²) in [6, 6.07) is 4.03. The first-order chi connectivity index (χ1) is 10.0. The number of ether oxygens (including phenoxy) is 1. The molecule has 0 aliphatic rings. The molecule has 2 rings (SSSR count). The molecule has 0 spiro atoms. The van der Waals surface area contributed by atoms with E-state index in [4.69, 9.17) is 11.6 Å². The van der Waals surface area contributed by atoms with Crippen LogP contribution in [0, 0.1) is 0 Å². The number of hydrogen-bond acceptors (Lipinski definition) is 4. The second-order valence-corrected chi connectivity index (χ2v) is 4.40. The Morgan fingerprint density at radius 2 is 2.29 bits per heavy atom. The van der Waals surface area contributed by atoms with Gasteiger partial charge in [0, 0.05) is 18.3 Å². The van der Waals surface area contributed by atoms with E-state index in [0.29, 0.717) is 12.2 Å². The second kappa shape index (κ2) is 6.98. The summed E-state index contributed by atoms with van der Waals surface area (Å²) in [6.07, 6.45) is 3.34. The molecule has 0 saturated carbocycles. The molecule has 112 valence electrons. The molecule has 0 radical (unpaired) electrons. The van der Waals surface area contributed by atoms with Gasteiger partial charge in [-0.1, -0.05) is 16.8 Å². The van der Waals surface area contributed by atoms with Crippen LogP contribution in [-0.4, -0.2) is 27.5 Å². The fourth-order valence-electron chi connectivity index (χ4n) is 1.56. The number of aryl methyl sites for hydroxylation is 1. The highest BCUT2D eigenvalue weighted by molar-refractivity contribution is 6.32. The first-order valence-corrected chi connectivity index (χ1v) is 6.30. The van der Waals surface area contributed by atoms with E-state index in [-0.39, 0.29) is 23.1 Å². The van der Waals surface area contributed by atoms with Crippen LogP contribution in [0.15, 0.2) is 30.6 Å². The summed E-state index contributed by atoms with van der Waals surface area (Å²) >= 11 is 5.78. The Labute approximate surface area is 123 Å². The number of nitrogens with one attached hydrogen (secondary N) is 1. The average Bonchev–Trinajstić information content (AvgIpc) is 2.92. The molecule has 2 aromatic rings. The third-order valence-electron chi connectivity index (χ3n) is 2.47. The molecule has 0 aliphatic heterocycles. The summed E-state index contributed by atoms with van der Waals surface area (Å²) in [5.74, 6) is -0.406. The fourth-order valence-corrected chi connectivity index (χ4v) is 1.79. The molecule has 9 heteroatoms. The lowest BCUT2D eigenvalue weighted by molar-refractivity contribution is -0.116. The number of hydrogen-bond donors (Lipinski definition) is 1. The van der Waals surface area contributed by atoms with Crippen molar-refractivity contribution >= 4 is 23.2 Å². The zero-order valence-corrected chi connectivity index (χ0v) is 11.4. The van der Waals surface area contributed by atoms with Crippen LogP contribution in [0.5, 0.6) is 5.75 Å². The summed E-state index contributed by atoms with van der Waals surface area (Å²) in [5, 5.41) is 9.93. The number of rotatable bonds is 6. The molecule has 0 aliphatic carbocycles. The van der Waals surface area contributed by atoms with Crippen molar-refractivity contribution in [2.45, 2.75) is 19.6 Å². The largest absolute Gasteiger partial charge is 0.433 e. The van der Waals surface area contributed by atoms with Gasteiger partial charge in [0.1, 0.15) is 5.75 Å². The van der Waals surface area contributed by atoms with E-state index in [2.05, 4.69) is 20.4 Å². The first-order valence-electron chi connectivity index (χ1n) is 5.93. The molecule has 0 saturated heterocycles. The van der Waals surface area contributed by atoms with Gasteiger partial charge in [0.25, 0.3) is 0 Å². The molecule has 1 N–H and O–H groups in total. The van der Waals surface area contributed by atoms with Gasteiger partial charge >= 0.3 is 6.61 Å². The summed E-state index contributed by atoms with van der Waals surface area (Å²) in [6.45, 7) is -2.57. The molecule has 1 aromatic heterocycles. The summed E-state index contributed by atoms with van der Waals surface area (Å²) in [5.41, 5.74) is 0.394. The zero-order valence-electron chi connectivity index (χ0n) is 10.7. The number of amides is 1. The minimum Gasteiger partial charge on any atom is -0.433 e. The minimum absolute atomic E-state index is 0.00984. The van der Waals surface area contributed by atoms with Crippen molar-refractivity contribution in [2.75, 3.05) is 5.32 Å². The molecule has 6 nitrogen and oxygen atoms in total. The lowest BCUT2D eigenvalue weighted by Gasteiger charge is -2.09. The predicted molar refractivity (Wildman–Crippen MR) is 71.4 cm³/mol. The van der Waals surface area contributed by atoms with E-state index in [1.54, 1.807) is 6.20 Å². The zero-order chi connectivity index (χ0) is 15.2. The van der Waals surface area contributed by atoms with Gasteiger partial charge in [-0.05, 0) is 18.2 Å². The van der Waals surface area contributed by atoms with Gasteiger partial charge in [-0.3, -0.25) is 9.48 Å². The first kappa shape index (κ1) is 15.2. The minimum atomic E-state index is -2.95. The van der Waals surface area contributed by atoms with Crippen molar-refractivity contribution in [3.05, 3.63) is 35.6 Å². The predicted octanol–water partition coefficient (Wildman–Crippen LogP) is 2.56. The maximum atomic E-state index is 12.1. The topological polar surface area (TPSA) is 69.0 Å². The standard InChI is InChI=1S/C12H11ClF2N4O2/c13-9-7-8(1-2-10(9)21-12(14)15)17-11(20)3-5-19-6-4-16-18-19/h1-2,4,6-7,12H,3,5H2,(H,17,20). The molecule has 1 amide bonds. The SMILES string of the molecule is O=C(CCn1ccnn1)Nc1ccc(OC(F)F)c(Cl)c1. The van der Waals surface area contributed by atoms with Gasteiger partial charge in [-0.2, -0.15) is 8.78 Å². The smallest absolute Gasteiger partial charge is 0.387 e. The van der Waals surface area contributed by atoms with E-state index in [0.717, 1.165) is 0 Å². The van der Waals surface area contributed by atoms with E-state index < -0.39 is 6.61 Å². The van der Waals surface area contributed by atoms with Gasteiger partial charge in [0.05, 0.1) is 17.8 Å². The van der Waals surface area contributed by atoms with Gasteiger partial charge in [-0.25, -0.2) is 0 Å². The lowest BCUT2D eigenvalue weighted by atomic mass is 10.3. The summed E-state index contributed by atoms with van der Waals surface area (Å²) in [7, 11) is 0. The number of carbonyl (C=O) groups excluding carboxylic acids is 1. The van der Waals surface area contributed by atoms with Crippen molar-refractivity contribution in [1.82, 2.24) is 15.0 Å². The Morgan fingerprint density at radius 3 is 2.90 bits per heavy atom. The number of benzene rings is 1. The maximum Gasteiger partial charge on any atom is 0.387 e. The quantitative estimate of drug-likeness (QED) is 0.889. The lowest BCUT2D eigenvalue weighted by Crippen LogP contribution is -2.15. The number of alkyl halides is 2. The van der Waals surface area contributed by atoms with Crippen molar-refractivity contribution in [2.24, 2.45) is 0 Å². The van der Waals surface area contributed by atoms with E-state index >= 15 is 0 Å². The van der Waals surface area contributed by atoms with Gasteiger partial charge in [0.15, 0.2) is 0 Å². The molecule has 0 bridgehead atoms. The molecule has 21 heavy (non-hydrogen) atoms. The molecule has 0 unspecified atom stereocenters. The van der Waals surface area contributed by atoms with Crippen LogP contribution in [0.4, 0.5) is 14.5 Å². The average molecular weight is 317 g/mol. The highest BCUT2D eigenvalue weighted by Gasteiger charge is 2.10. The summed E-state index contributed by atoms with van der Waals surface area (Å²) in [4.78, 5) is 11.7. The van der Waals surface area contributed by atoms with Crippen LogP contribution < -0.4 is 10.1 Å². The molecule has 1 heterocycles. The summed E-state index contributed by atoms with van der Waals surface area (Å²) < 4.78 is 29.9. The number of carbonyl (C=O) groups is 1. The van der Waals surface area contributed by atoms with Crippen LogP contribution in [0.25, 0.3) is 0 Å². The van der Waals surface area contributed by atoms with Gasteiger partial charge in [-0.15, -0.1) is 5.10 Å². The van der Waals surface area contributed by atoms with Crippen molar-refractivity contribution in [1.29, 1.82) is 0 Å². The Kier molecular flexibility index (Phi) is 5.04. The third-order valence-corrected chi connectivity index (χ3v) is 2.77. The number of aromatic nitrogens is 3. The van der Waals surface area contributed by atoms with E-state index in [1.165, 1.54) is 29.1 Å². The highest BCUT2D eigenvalue weighted by atomic mass is 35.5. The number of nitrogens with zero attached hydrogens (tertiary/aromatic N) is 3. The van der Waals surface area contributed by atoms with Crippen molar-refractivity contribution < 1.29 is 18.3 Å². The molecule has 0 atom stereocenters. The molecular formula is C12H11ClF2N4O2. The molecule has 1 aromatic carbocycles. The van der Waals surface area contributed by atoms with E-state index in [1.807, 2.05) is 0 Å². The highest BCUT2D eigenvalue weighted by Crippen LogP contribution is 2.28. The second-order valence-electron chi connectivity index (χ2n) is 3.99. The fraction of sp³-hybridized carbons (Fsp3) is 0.250. The van der Waals surface area contributed by atoms with Crippen LogP contribution in [0.2, 0.25) is 5.02 Å². The van der Waals surface area contributed by atoms with Crippen LogP contribution >= 0.6 is 11.6 Å². The Morgan fingerprint density at radius 1 is 1.48 bits per heavy atom. The normalized spacial score (nSPS) is 10.7. The third kappa shape index (κ3) is 4.67. The van der Waals surface area contributed by atoms with Crippen molar-refractivity contribution in [3.8, 4) is 5.75 Å². The number of anilines is 1. The van der Waals surface area contributed by atoms with Gasteiger partial charge in [0.2, 0.25) is 5.91 Å². The Balaban J connectivity index is 1.90. The Bertz CT molecular complexity index is 607. The van der Waals surface area contributed by atoms with Crippen LogP contribution in [0.3, 0.4) is 0 Å². The molecular weight excluding hydrogens is 306 g/mol. The monoisotopic (exact) mass is 316 g/mol. The van der Waals surface area contributed by atoms with E-state index in [9.17, 15) is 13.6 Å². The number of halogens is 3. The van der Waals surface area contributed by atoms with Gasteiger partial charge < -0.3 is 10.1 Å².